The molecular weight excluding hydrogens is 434 g/mol. The van der Waals surface area contributed by atoms with Crippen LogP contribution in [0.25, 0.3) is 15.9 Å². The average Bonchev–Trinajstić information content (AvgIpc) is 3.17. The predicted octanol–water partition coefficient (Wildman–Crippen LogP) is 4.40. The molecule has 0 bridgehead atoms. The number of nitrogens with zero attached hydrogens (tertiary/aromatic N) is 2. The van der Waals surface area contributed by atoms with E-state index in [0.29, 0.717) is 0 Å². The van der Waals surface area contributed by atoms with Gasteiger partial charge in [-0.3, -0.25) is 9.36 Å². The second-order valence-electron chi connectivity index (χ2n) is 8.51. The lowest BCUT2D eigenvalue weighted by atomic mass is 10.1. The third-order valence-electron chi connectivity index (χ3n) is 6.12. The van der Waals surface area contributed by atoms with E-state index in [2.05, 4.69) is 50.2 Å². The van der Waals surface area contributed by atoms with Crippen molar-refractivity contribution in [3.63, 3.8) is 0 Å². The van der Waals surface area contributed by atoms with Gasteiger partial charge in [-0.25, -0.2) is 4.98 Å². The molecule has 1 atom stereocenters. The maximum atomic E-state index is 13.9. The Morgan fingerprint density at radius 1 is 1.12 bits per heavy atom. The number of benzene rings is 2. The van der Waals surface area contributed by atoms with Gasteiger partial charge < -0.3 is 4.90 Å². The molecule has 0 saturated heterocycles. The monoisotopic (exact) mass is 462 g/mol. The zero-order valence-electron chi connectivity index (χ0n) is 18.6. The second-order valence-corrected chi connectivity index (χ2v) is 10.5. The van der Waals surface area contributed by atoms with Crippen LogP contribution in [0.4, 0.5) is 0 Å². The molecule has 1 aliphatic rings. The number of hydrogen-bond donors (Lipinski definition) is 1. The highest BCUT2D eigenvalue weighted by molar-refractivity contribution is 7.98. The number of thiophene rings is 1. The zero-order chi connectivity index (χ0) is 22.1. The van der Waals surface area contributed by atoms with Gasteiger partial charge in [0.1, 0.15) is 11.4 Å². The van der Waals surface area contributed by atoms with Gasteiger partial charge in [-0.05, 0) is 36.6 Å². The van der Waals surface area contributed by atoms with Crippen LogP contribution in [0.1, 0.15) is 34.9 Å². The molecule has 4 nitrogen and oxygen atoms in total. The van der Waals surface area contributed by atoms with Gasteiger partial charge in [0, 0.05) is 12.2 Å². The Bertz CT molecular complexity index is 1290. The lowest BCUT2D eigenvalue weighted by Gasteiger charge is -2.23. The Morgan fingerprint density at radius 3 is 2.66 bits per heavy atom. The highest BCUT2D eigenvalue weighted by atomic mass is 32.2. The predicted molar refractivity (Wildman–Crippen MR) is 134 cm³/mol. The molecule has 0 spiro atoms. The van der Waals surface area contributed by atoms with E-state index in [9.17, 15) is 4.79 Å². The number of quaternary nitrogens is 1. The summed E-state index contributed by atoms with van der Waals surface area (Å²) in [6.07, 6.45) is 2.15. The van der Waals surface area contributed by atoms with Crippen LogP contribution >= 0.6 is 23.1 Å². The summed E-state index contributed by atoms with van der Waals surface area (Å²) < 4.78 is 1.83. The number of aryl methyl sites for hydroxylation is 1. The van der Waals surface area contributed by atoms with Crippen LogP contribution in [-0.4, -0.2) is 22.6 Å². The van der Waals surface area contributed by atoms with E-state index in [1.54, 1.807) is 28.0 Å². The molecule has 1 aliphatic heterocycles. The van der Waals surface area contributed by atoms with Crippen LogP contribution < -0.4 is 10.5 Å². The Hall–Kier alpha value is -2.41. The Kier molecular flexibility index (Phi) is 6.17. The summed E-state index contributed by atoms with van der Waals surface area (Å²) in [7, 11) is 0. The molecular formula is C26H28N3OS2+. The molecule has 164 valence electrons. The fraction of sp³-hybridized carbons (Fsp3) is 0.308. The third-order valence-corrected chi connectivity index (χ3v) is 8.26. The first-order valence-electron chi connectivity index (χ1n) is 11.3. The van der Waals surface area contributed by atoms with Crippen molar-refractivity contribution in [2.75, 3.05) is 13.1 Å². The largest absolute Gasteiger partial charge is 0.330 e. The molecule has 32 heavy (non-hydrogen) atoms. The molecule has 1 N–H and O–H groups in total. The maximum absolute atomic E-state index is 13.9. The second kappa shape index (κ2) is 9.22. The van der Waals surface area contributed by atoms with Crippen molar-refractivity contribution in [1.29, 1.82) is 0 Å². The van der Waals surface area contributed by atoms with Crippen LogP contribution in [0.15, 0.2) is 64.5 Å². The number of nitrogens with one attached hydrogen (secondary N) is 1. The number of rotatable bonds is 6. The summed E-state index contributed by atoms with van der Waals surface area (Å²) in [5.74, 6) is 0.782. The quantitative estimate of drug-likeness (QED) is 0.341. The summed E-state index contributed by atoms with van der Waals surface area (Å²) in [4.78, 5) is 22.8. The molecule has 2 aromatic carbocycles. The van der Waals surface area contributed by atoms with Crippen LogP contribution in [0.2, 0.25) is 0 Å². The molecule has 0 aliphatic carbocycles. The third kappa shape index (κ3) is 4.15. The smallest absolute Gasteiger partial charge is 0.267 e. The highest BCUT2D eigenvalue weighted by Gasteiger charge is 2.27. The molecule has 4 aromatic rings. The first kappa shape index (κ1) is 21.4. The molecule has 0 fully saturated rings. The van der Waals surface area contributed by atoms with Gasteiger partial charge in [0.15, 0.2) is 5.16 Å². The normalized spacial score (nSPS) is 15.8. The topological polar surface area (TPSA) is 39.3 Å². The molecule has 0 saturated carbocycles. The van der Waals surface area contributed by atoms with Crippen molar-refractivity contribution in [1.82, 2.24) is 9.55 Å². The molecule has 2 aromatic heterocycles. The fourth-order valence-corrected chi connectivity index (χ4v) is 6.77. The van der Waals surface area contributed by atoms with E-state index < -0.39 is 0 Å². The van der Waals surface area contributed by atoms with E-state index in [1.165, 1.54) is 34.5 Å². The van der Waals surface area contributed by atoms with Crippen LogP contribution in [0, 0.1) is 6.92 Å². The van der Waals surface area contributed by atoms with Crippen molar-refractivity contribution in [2.45, 2.75) is 44.1 Å². The molecule has 3 heterocycles. The average molecular weight is 463 g/mol. The summed E-state index contributed by atoms with van der Waals surface area (Å²) in [5, 5.41) is 1.61. The lowest BCUT2D eigenvalue weighted by Crippen LogP contribution is -3.11. The summed E-state index contributed by atoms with van der Waals surface area (Å²) in [6, 6.07) is 18.6. The van der Waals surface area contributed by atoms with Gasteiger partial charge in [-0.1, -0.05) is 66.7 Å². The molecule has 5 rings (SSSR count). The SMILES string of the molecule is CCC[NH+]1CCc2c(sc3nc(SCc4ccccc4)n(-c4ccc(C)cc4)c(=O)c23)C1. The minimum Gasteiger partial charge on any atom is -0.330 e. The van der Waals surface area contributed by atoms with Gasteiger partial charge >= 0.3 is 0 Å². The first-order valence-corrected chi connectivity index (χ1v) is 13.1. The molecule has 6 heteroatoms. The van der Waals surface area contributed by atoms with Crippen molar-refractivity contribution in [3.8, 4) is 5.69 Å². The van der Waals surface area contributed by atoms with E-state index in [0.717, 1.165) is 46.3 Å². The van der Waals surface area contributed by atoms with Gasteiger partial charge in [0.05, 0.1) is 29.0 Å². The van der Waals surface area contributed by atoms with Gasteiger partial charge in [-0.2, -0.15) is 0 Å². The number of fused-ring (bicyclic) bond motifs is 3. The van der Waals surface area contributed by atoms with Crippen molar-refractivity contribution >= 4 is 33.3 Å². The van der Waals surface area contributed by atoms with Crippen LogP contribution in [0.3, 0.4) is 0 Å². The fourth-order valence-electron chi connectivity index (χ4n) is 4.46. The zero-order valence-corrected chi connectivity index (χ0v) is 20.2. The van der Waals surface area contributed by atoms with E-state index >= 15 is 0 Å². The molecule has 1 unspecified atom stereocenters. The van der Waals surface area contributed by atoms with Crippen LogP contribution in [-0.2, 0) is 18.7 Å². The standard InChI is InChI=1S/C26H27N3OS2/c1-3-14-28-15-13-21-22(16-28)32-24-23(21)25(30)29(20-11-9-18(2)10-12-20)26(27-24)31-17-19-7-5-4-6-8-19/h4-12H,3,13-17H2,1-2H3/p+1. The van der Waals surface area contributed by atoms with Crippen molar-refractivity contribution < 1.29 is 4.90 Å². The molecule has 0 radical (unpaired) electrons. The number of aromatic nitrogens is 2. The highest BCUT2D eigenvalue weighted by Crippen LogP contribution is 2.32. The van der Waals surface area contributed by atoms with Crippen molar-refractivity contribution in [2.24, 2.45) is 0 Å². The summed E-state index contributed by atoms with van der Waals surface area (Å²) in [6.45, 7) is 7.61. The van der Waals surface area contributed by atoms with Crippen LogP contribution in [0.5, 0.6) is 0 Å². The minimum absolute atomic E-state index is 0.0749. The van der Waals surface area contributed by atoms with E-state index in [4.69, 9.17) is 4.98 Å². The number of hydrogen-bond acceptors (Lipinski definition) is 4. The van der Waals surface area contributed by atoms with Crippen molar-refractivity contribution in [3.05, 3.63) is 86.5 Å². The molecule has 0 amide bonds. The number of thioether (sulfide) groups is 1. The summed E-state index contributed by atoms with van der Waals surface area (Å²) >= 11 is 3.36. The Balaban J connectivity index is 1.62. The summed E-state index contributed by atoms with van der Waals surface area (Å²) in [5.41, 5.74) is 4.61. The van der Waals surface area contributed by atoms with E-state index in [1.807, 2.05) is 22.8 Å². The lowest BCUT2D eigenvalue weighted by molar-refractivity contribution is -0.915. The maximum Gasteiger partial charge on any atom is 0.267 e. The van der Waals surface area contributed by atoms with Gasteiger partial charge in [0.2, 0.25) is 0 Å². The van der Waals surface area contributed by atoms with E-state index in [-0.39, 0.29) is 5.56 Å². The van der Waals surface area contributed by atoms with Gasteiger partial charge in [0.25, 0.3) is 5.56 Å². The van der Waals surface area contributed by atoms with Gasteiger partial charge in [-0.15, -0.1) is 11.3 Å². The minimum atomic E-state index is 0.0749. The Labute approximate surface area is 196 Å². The Morgan fingerprint density at radius 2 is 1.91 bits per heavy atom. The first-order chi connectivity index (χ1) is 15.6.